The maximum Gasteiger partial charge on any atom is 0.234 e. The van der Waals surface area contributed by atoms with E-state index in [-0.39, 0.29) is 18.3 Å². The third-order valence-corrected chi connectivity index (χ3v) is 6.43. The Balaban J connectivity index is 1.65. The second-order valence-electron chi connectivity index (χ2n) is 7.61. The van der Waals surface area contributed by atoms with Crippen molar-refractivity contribution in [3.05, 3.63) is 76.1 Å². The molecule has 0 aliphatic heterocycles. The van der Waals surface area contributed by atoms with E-state index in [0.29, 0.717) is 17.5 Å². The molecule has 3 aromatic rings. The predicted molar refractivity (Wildman–Crippen MR) is 131 cm³/mol. The number of halogens is 1. The van der Waals surface area contributed by atoms with Gasteiger partial charge < -0.3 is 10.1 Å². The molecule has 1 heterocycles. The van der Waals surface area contributed by atoms with Crippen LogP contribution in [0.5, 0.6) is 5.75 Å². The molecule has 0 saturated carbocycles. The maximum absolute atomic E-state index is 12.5. The van der Waals surface area contributed by atoms with Crippen LogP contribution >= 0.6 is 23.4 Å². The number of carbonyl (C=O) groups excluding carboxylic acids is 1. The zero-order chi connectivity index (χ0) is 23.3. The number of ether oxygens (including phenoxy) is 1. The molecule has 0 spiro atoms. The van der Waals surface area contributed by atoms with Crippen molar-refractivity contribution in [2.24, 2.45) is 0 Å². The highest BCUT2D eigenvalue weighted by atomic mass is 35.5. The summed E-state index contributed by atoms with van der Waals surface area (Å²) >= 11 is 7.56. The smallest absolute Gasteiger partial charge is 0.234 e. The van der Waals surface area contributed by atoms with Gasteiger partial charge in [-0.1, -0.05) is 47.1 Å². The lowest BCUT2D eigenvalue weighted by atomic mass is 10.1. The summed E-state index contributed by atoms with van der Waals surface area (Å²) in [6.07, 6.45) is 1.77. The highest BCUT2D eigenvalue weighted by molar-refractivity contribution is 7.99. The lowest BCUT2D eigenvalue weighted by Crippen LogP contribution is -2.15. The number of nitrogens with zero attached hydrogens (tertiary/aromatic N) is 3. The van der Waals surface area contributed by atoms with Gasteiger partial charge in [0, 0.05) is 17.3 Å². The molecule has 0 atom stereocenters. The van der Waals surface area contributed by atoms with E-state index in [4.69, 9.17) is 16.3 Å². The van der Waals surface area contributed by atoms with Crippen molar-refractivity contribution in [2.75, 3.05) is 11.1 Å². The standard InChI is InChI=1S/C24H27ClN4O2S/c1-6-9-29-21(13-31-19-11-17(4)23(25)18(5)12-19)27-28-24(29)32-14-22(30)26-20-8-7-15(2)10-16(20)3/h6-8,10-12H,1,9,13-14H2,2-5H3,(H,26,30). The number of carbonyl (C=O) groups is 1. The van der Waals surface area contributed by atoms with Gasteiger partial charge in [-0.3, -0.25) is 9.36 Å². The number of anilines is 1. The van der Waals surface area contributed by atoms with E-state index in [0.717, 1.165) is 38.7 Å². The maximum atomic E-state index is 12.5. The number of allylic oxidation sites excluding steroid dienone is 1. The van der Waals surface area contributed by atoms with Crippen LogP contribution in [0.3, 0.4) is 0 Å². The predicted octanol–water partition coefficient (Wildman–Crippen LogP) is 5.66. The van der Waals surface area contributed by atoms with E-state index in [9.17, 15) is 4.79 Å². The van der Waals surface area contributed by atoms with Crippen molar-refractivity contribution >= 4 is 35.0 Å². The summed E-state index contributed by atoms with van der Waals surface area (Å²) in [6, 6.07) is 9.74. The van der Waals surface area contributed by atoms with Gasteiger partial charge in [0.2, 0.25) is 5.91 Å². The summed E-state index contributed by atoms with van der Waals surface area (Å²) in [5.41, 5.74) is 4.92. The minimum atomic E-state index is -0.0972. The van der Waals surface area contributed by atoms with Crippen LogP contribution in [0.1, 0.15) is 28.1 Å². The van der Waals surface area contributed by atoms with Crippen LogP contribution in [0.2, 0.25) is 5.02 Å². The second-order valence-corrected chi connectivity index (χ2v) is 8.93. The molecular weight excluding hydrogens is 444 g/mol. The quantitative estimate of drug-likeness (QED) is 0.322. The largest absolute Gasteiger partial charge is 0.486 e. The van der Waals surface area contributed by atoms with Crippen molar-refractivity contribution in [1.29, 1.82) is 0 Å². The molecule has 0 unspecified atom stereocenters. The number of aromatic nitrogens is 3. The molecule has 6 nitrogen and oxygen atoms in total. The third kappa shape index (κ3) is 5.93. The number of nitrogens with one attached hydrogen (secondary N) is 1. The Kier molecular flexibility index (Phi) is 7.99. The molecule has 32 heavy (non-hydrogen) atoms. The first-order chi connectivity index (χ1) is 15.3. The van der Waals surface area contributed by atoms with Gasteiger partial charge in [0.25, 0.3) is 0 Å². The number of rotatable bonds is 9. The summed E-state index contributed by atoms with van der Waals surface area (Å²) in [4.78, 5) is 12.5. The molecule has 168 valence electrons. The molecule has 0 radical (unpaired) electrons. The van der Waals surface area contributed by atoms with Gasteiger partial charge in [0.15, 0.2) is 11.0 Å². The first-order valence-corrected chi connectivity index (χ1v) is 11.6. The molecule has 1 N–H and O–H groups in total. The van der Waals surface area contributed by atoms with Gasteiger partial charge in [0.05, 0.1) is 5.75 Å². The van der Waals surface area contributed by atoms with Crippen LogP contribution in [0.25, 0.3) is 0 Å². The molecule has 1 aromatic heterocycles. The molecule has 8 heteroatoms. The fourth-order valence-corrected chi connectivity index (χ4v) is 4.13. The zero-order valence-corrected chi connectivity index (χ0v) is 20.3. The van der Waals surface area contributed by atoms with Gasteiger partial charge in [-0.25, -0.2) is 0 Å². The average Bonchev–Trinajstić information content (AvgIpc) is 3.13. The van der Waals surface area contributed by atoms with Crippen molar-refractivity contribution in [2.45, 2.75) is 46.0 Å². The molecule has 0 saturated heterocycles. The number of amides is 1. The minimum absolute atomic E-state index is 0.0972. The van der Waals surface area contributed by atoms with Gasteiger partial charge in [-0.2, -0.15) is 0 Å². The molecule has 2 aromatic carbocycles. The van der Waals surface area contributed by atoms with Crippen molar-refractivity contribution in [1.82, 2.24) is 14.8 Å². The molecule has 0 fully saturated rings. The molecule has 3 rings (SSSR count). The summed E-state index contributed by atoms with van der Waals surface area (Å²) < 4.78 is 7.83. The van der Waals surface area contributed by atoms with Crippen molar-refractivity contribution in [3.63, 3.8) is 0 Å². The zero-order valence-electron chi connectivity index (χ0n) is 18.7. The molecule has 1 amide bonds. The van der Waals surface area contributed by atoms with E-state index in [1.54, 1.807) is 6.08 Å². The first kappa shape index (κ1) is 23.9. The Hall–Kier alpha value is -2.77. The third-order valence-electron chi connectivity index (χ3n) is 4.87. The second kappa shape index (κ2) is 10.7. The highest BCUT2D eigenvalue weighted by Gasteiger charge is 2.15. The fourth-order valence-electron chi connectivity index (χ4n) is 3.25. The lowest BCUT2D eigenvalue weighted by Gasteiger charge is -2.11. The van der Waals surface area contributed by atoms with E-state index in [2.05, 4.69) is 22.1 Å². The normalized spacial score (nSPS) is 10.8. The molecule has 0 aliphatic carbocycles. The van der Waals surface area contributed by atoms with Crippen LogP contribution in [-0.2, 0) is 17.9 Å². The highest BCUT2D eigenvalue weighted by Crippen LogP contribution is 2.27. The summed E-state index contributed by atoms with van der Waals surface area (Å²) in [6.45, 7) is 12.5. The Morgan fingerprint density at radius 1 is 1.16 bits per heavy atom. The minimum Gasteiger partial charge on any atom is -0.486 e. The molecular formula is C24H27ClN4O2S. The van der Waals surface area contributed by atoms with Gasteiger partial charge in [0.1, 0.15) is 12.4 Å². The van der Waals surface area contributed by atoms with Gasteiger partial charge in [-0.15, -0.1) is 16.8 Å². The number of aryl methyl sites for hydroxylation is 4. The fraction of sp³-hybridized carbons (Fsp3) is 0.292. The average molecular weight is 471 g/mol. The SMILES string of the molecule is C=CCn1c(COc2cc(C)c(Cl)c(C)c2)nnc1SCC(=O)Nc1ccc(C)cc1C. The van der Waals surface area contributed by atoms with Crippen LogP contribution < -0.4 is 10.1 Å². The van der Waals surface area contributed by atoms with E-state index >= 15 is 0 Å². The van der Waals surface area contributed by atoms with E-state index in [1.165, 1.54) is 11.8 Å². The number of benzene rings is 2. The van der Waals surface area contributed by atoms with E-state index < -0.39 is 0 Å². The van der Waals surface area contributed by atoms with Gasteiger partial charge >= 0.3 is 0 Å². The Morgan fingerprint density at radius 3 is 2.53 bits per heavy atom. The lowest BCUT2D eigenvalue weighted by molar-refractivity contribution is -0.113. The number of hydrogen-bond acceptors (Lipinski definition) is 5. The van der Waals surface area contributed by atoms with Crippen molar-refractivity contribution < 1.29 is 9.53 Å². The number of thioether (sulfide) groups is 1. The molecule has 0 aliphatic rings. The Morgan fingerprint density at radius 2 is 1.88 bits per heavy atom. The van der Waals surface area contributed by atoms with Gasteiger partial charge in [-0.05, 0) is 62.6 Å². The molecule has 0 bridgehead atoms. The van der Waals surface area contributed by atoms with Crippen LogP contribution in [0.4, 0.5) is 5.69 Å². The van der Waals surface area contributed by atoms with E-state index in [1.807, 2.05) is 62.6 Å². The Bertz CT molecular complexity index is 1120. The van der Waals surface area contributed by atoms with Crippen LogP contribution in [0.15, 0.2) is 48.1 Å². The summed E-state index contributed by atoms with van der Waals surface area (Å²) in [5, 5.41) is 12.8. The summed E-state index contributed by atoms with van der Waals surface area (Å²) in [5.74, 6) is 1.51. The summed E-state index contributed by atoms with van der Waals surface area (Å²) in [7, 11) is 0. The topological polar surface area (TPSA) is 69.0 Å². The van der Waals surface area contributed by atoms with Crippen molar-refractivity contribution in [3.8, 4) is 5.75 Å². The Labute approximate surface area is 198 Å². The first-order valence-electron chi connectivity index (χ1n) is 10.2. The number of hydrogen-bond donors (Lipinski definition) is 1. The van der Waals surface area contributed by atoms with Crippen LogP contribution in [-0.4, -0.2) is 26.4 Å². The van der Waals surface area contributed by atoms with Crippen LogP contribution in [0, 0.1) is 27.7 Å². The monoisotopic (exact) mass is 470 g/mol.